The Morgan fingerprint density at radius 2 is 2.20 bits per heavy atom. The Balaban J connectivity index is 1.77. The largest absolute Gasteiger partial charge is 0.373 e. The summed E-state index contributed by atoms with van der Waals surface area (Å²) in [7, 11) is 0. The van der Waals surface area contributed by atoms with E-state index in [1.54, 1.807) is 0 Å². The van der Waals surface area contributed by atoms with E-state index in [1.165, 1.54) is 0 Å². The van der Waals surface area contributed by atoms with E-state index in [4.69, 9.17) is 16.3 Å². The molecule has 2 saturated heterocycles. The highest BCUT2D eigenvalue weighted by Gasteiger charge is 2.41. The van der Waals surface area contributed by atoms with Gasteiger partial charge in [0, 0.05) is 0 Å². The Bertz CT molecular complexity index is 285. The van der Waals surface area contributed by atoms with Gasteiger partial charge in [0.15, 0.2) is 0 Å². The van der Waals surface area contributed by atoms with Gasteiger partial charge in [-0.3, -0.25) is 10.1 Å². The number of fused-ring (bicyclic) bond motifs is 2. The standard InChI is InChI=1S/C9H13ClN2O3/c10-4-8(13)12-9(14)11-6-3-5-1-2-7(6)15-5/h5-7H,1-4H2,(H2,11,12,13,14). The van der Waals surface area contributed by atoms with Crippen LogP contribution in [0, 0.1) is 0 Å². The number of hydrogen-bond acceptors (Lipinski definition) is 3. The van der Waals surface area contributed by atoms with E-state index in [2.05, 4.69) is 10.6 Å². The first-order valence-electron chi connectivity index (χ1n) is 5.01. The Morgan fingerprint density at radius 3 is 2.73 bits per heavy atom. The van der Waals surface area contributed by atoms with E-state index in [9.17, 15) is 9.59 Å². The summed E-state index contributed by atoms with van der Waals surface area (Å²) in [5, 5.41) is 4.86. The monoisotopic (exact) mass is 232 g/mol. The Morgan fingerprint density at radius 1 is 1.40 bits per heavy atom. The second-order valence-electron chi connectivity index (χ2n) is 3.87. The smallest absolute Gasteiger partial charge is 0.321 e. The number of rotatable bonds is 2. The summed E-state index contributed by atoms with van der Waals surface area (Å²) < 4.78 is 5.56. The lowest BCUT2D eigenvalue weighted by Gasteiger charge is -2.19. The second-order valence-corrected chi connectivity index (χ2v) is 4.14. The summed E-state index contributed by atoms with van der Waals surface area (Å²) in [6, 6.07) is -0.450. The summed E-state index contributed by atoms with van der Waals surface area (Å²) in [5.74, 6) is -0.695. The zero-order valence-electron chi connectivity index (χ0n) is 8.16. The molecule has 2 heterocycles. The molecule has 2 fully saturated rings. The molecule has 3 atom stereocenters. The molecule has 0 aliphatic carbocycles. The first-order valence-corrected chi connectivity index (χ1v) is 5.54. The second kappa shape index (κ2) is 4.37. The SMILES string of the molecule is O=C(CCl)NC(=O)NC1CC2CCC1O2. The molecule has 3 amide bonds. The van der Waals surface area contributed by atoms with Crippen LogP contribution in [0.5, 0.6) is 0 Å². The number of carbonyl (C=O) groups excluding carboxylic acids is 2. The fourth-order valence-corrected chi connectivity index (χ4v) is 2.22. The predicted octanol–water partition coefficient (Wildman–Crippen LogP) is 0.371. The third-order valence-electron chi connectivity index (χ3n) is 2.80. The van der Waals surface area contributed by atoms with Gasteiger partial charge in [0.05, 0.1) is 18.2 Å². The molecule has 0 radical (unpaired) electrons. The number of halogens is 1. The maximum atomic E-state index is 11.3. The van der Waals surface area contributed by atoms with Gasteiger partial charge in [-0.25, -0.2) is 4.79 Å². The van der Waals surface area contributed by atoms with Crippen molar-refractivity contribution in [2.45, 2.75) is 37.5 Å². The van der Waals surface area contributed by atoms with E-state index in [0.29, 0.717) is 0 Å². The Kier molecular flexibility index (Phi) is 3.11. The number of alkyl halides is 1. The van der Waals surface area contributed by atoms with Crippen molar-refractivity contribution < 1.29 is 14.3 Å². The van der Waals surface area contributed by atoms with Gasteiger partial charge >= 0.3 is 6.03 Å². The third-order valence-corrected chi connectivity index (χ3v) is 3.04. The number of amides is 3. The molecule has 0 aromatic rings. The molecule has 2 aliphatic heterocycles. The van der Waals surface area contributed by atoms with Gasteiger partial charge in [0.25, 0.3) is 0 Å². The molecule has 2 N–H and O–H groups in total. The lowest BCUT2D eigenvalue weighted by atomic mass is 9.96. The minimum absolute atomic E-state index is 0.0341. The maximum Gasteiger partial charge on any atom is 0.321 e. The summed E-state index contributed by atoms with van der Waals surface area (Å²) in [5.41, 5.74) is 0. The molecule has 6 heteroatoms. The summed E-state index contributed by atoms with van der Waals surface area (Å²) in [6.45, 7) is 0. The van der Waals surface area contributed by atoms with Crippen molar-refractivity contribution in [2.24, 2.45) is 0 Å². The zero-order chi connectivity index (χ0) is 10.8. The molecule has 2 aliphatic rings. The number of nitrogens with one attached hydrogen (secondary N) is 2. The molecular formula is C9H13ClN2O3. The number of hydrogen-bond donors (Lipinski definition) is 2. The molecule has 15 heavy (non-hydrogen) atoms. The quantitative estimate of drug-likeness (QED) is 0.676. The van der Waals surface area contributed by atoms with Crippen molar-refractivity contribution in [3.05, 3.63) is 0 Å². The van der Waals surface area contributed by atoms with E-state index < -0.39 is 11.9 Å². The lowest BCUT2D eigenvalue weighted by Crippen LogP contribution is -2.48. The fourth-order valence-electron chi connectivity index (χ4n) is 2.15. The van der Waals surface area contributed by atoms with Gasteiger partial charge < -0.3 is 10.1 Å². The van der Waals surface area contributed by atoms with Gasteiger partial charge in [-0.15, -0.1) is 11.6 Å². The highest BCUT2D eigenvalue weighted by atomic mass is 35.5. The van der Waals surface area contributed by atoms with Crippen LogP contribution < -0.4 is 10.6 Å². The van der Waals surface area contributed by atoms with E-state index >= 15 is 0 Å². The van der Waals surface area contributed by atoms with Gasteiger partial charge in [0.1, 0.15) is 5.88 Å². The first kappa shape index (κ1) is 10.7. The Labute approximate surface area is 92.5 Å². The molecular weight excluding hydrogens is 220 g/mol. The van der Waals surface area contributed by atoms with Crippen LogP contribution in [0.3, 0.4) is 0 Å². The minimum Gasteiger partial charge on any atom is -0.373 e. The van der Waals surface area contributed by atoms with Crippen LogP contribution in [0.2, 0.25) is 0 Å². The van der Waals surface area contributed by atoms with Gasteiger partial charge in [-0.05, 0) is 19.3 Å². The number of imide groups is 1. The molecule has 2 bridgehead atoms. The topological polar surface area (TPSA) is 67.4 Å². The number of carbonyl (C=O) groups is 2. The minimum atomic E-state index is -0.488. The van der Waals surface area contributed by atoms with E-state index in [1.807, 2.05) is 0 Å². The van der Waals surface area contributed by atoms with E-state index in [0.717, 1.165) is 19.3 Å². The van der Waals surface area contributed by atoms with Crippen molar-refractivity contribution in [3.8, 4) is 0 Å². The number of ether oxygens (including phenoxy) is 1. The van der Waals surface area contributed by atoms with Crippen molar-refractivity contribution in [1.29, 1.82) is 0 Å². The van der Waals surface area contributed by atoms with Crippen molar-refractivity contribution in [3.63, 3.8) is 0 Å². The lowest BCUT2D eigenvalue weighted by molar-refractivity contribution is -0.117. The Hall–Kier alpha value is -0.810. The molecule has 2 rings (SSSR count). The molecule has 84 valence electrons. The normalized spacial score (nSPS) is 32.7. The van der Waals surface area contributed by atoms with Crippen molar-refractivity contribution in [2.75, 3.05) is 5.88 Å². The summed E-state index contributed by atoms with van der Waals surface area (Å²) in [6.07, 6.45) is 3.30. The van der Waals surface area contributed by atoms with Crippen LogP contribution in [0.4, 0.5) is 4.79 Å². The van der Waals surface area contributed by atoms with Crippen LogP contribution >= 0.6 is 11.6 Å². The van der Waals surface area contributed by atoms with Crippen LogP contribution in [0.1, 0.15) is 19.3 Å². The average molecular weight is 233 g/mol. The molecule has 0 spiro atoms. The maximum absolute atomic E-state index is 11.3. The first-order chi connectivity index (χ1) is 7.19. The highest BCUT2D eigenvalue weighted by molar-refractivity contribution is 6.28. The van der Waals surface area contributed by atoms with Crippen LogP contribution in [0.15, 0.2) is 0 Å². The van der Waals surface area contributed by atoms with Crippen LogP contribution in [-0.2, 0) is 9.53 Å². The summed E-state index contributed by atoms with van der Waals surface area (Å²) >= 11 is 5.26. The molecule has 3 unspecified atom stereocenters. The molecule has 0 aromatic heterocycles. The molecule has 0 aromatic carbocycles. The molecule has 0 saturated carbocycles. The van der Waals surface area contributed by atoms with Gasteiger partial charge in [-0.2, -0.15) is 0 Å². The van der Waals surface area contributed by atoms with Gasteiger partial charge in [0.2, 0.25) is 5.91 Å². The van der Waals surface area contributed by atoms with Gasteiger partial charge in [-0.1, -0.05) is 0 Å². The zero-order valence-corrected chi connectivity index (χ0v) is 8.92. The fraction of sp³-hybridized carbons (Fsp3) is 0.778. The van der Waals surface area contributed by atoms with Crippen molar-refractivity contribution >= 4 is 23.5 Å². The number of urea groups is 1. The molecule has 5 nitrogen and oxygen atoms in total. The van der Waals surface area contributed by atoms with E-state index in [-0.39, 0.29) is 24.1 Å². The van der Waals surface area contributed by atoms with Crippen LogP contribution in [-0.4, -0.2) is 36.1 Å². The highest BCUT2D eigenvalue weighted by Crippen LogP contribution is 2.34. The van der Waals surface area contributed by atoms with Crippen LogP contribution in [0.25, 0.3) is 0 Å². The summed E-state index contributed by atoms with van der Waals surface area (Å²) in [4.78, 5) is 22.1. The van der Waals surface area contributed by atoms with Crippen molar-refractivity contribution in [1.82, 2.24) is 10.6 Å². The third kappa shape index (κ3) is 2.41. The predicted molar refractivity (Wildman–Crippen MR) is 53.7 cm³/mol. The average Bonchev–Trinajstić information content (AvgIpc) is 2.78.